The summed E-state index contributed by atoms with van der Waals surface area (Å²) >= 11 is 0. The molecule has 0 bridgehead atoms. The van der Waals surface area contributed by atoms with Crippen molar-refractivity contribution >= 4 is 11.6 Å². The lowest BCUT2D eigenvalue weighted by molar-refractivity contribution is -0.137. The first kappa shape index (κ1) is 16.9. The molecule has 122 valence electrons. The van der Waals surface area contributed by atoms with Gasteiger partial charge >= 0.3 is 6.18 Å². The van der Waals surface area contributed by atoms with E-state index in [2.05, 4.69) is 5.32 Å². The van der Waals surface area contributed by atoms with Crippen LogP contribution in [0.15, 0.2) is 48.5 Å². The van der Waals surface area contributed by atoms with E-state index in [9.17, 15) is 18.0 Å². The third-order valence-corrected chi connectivity index (χ3v) is 3.18. The number of carbonyl (C=O) groups excluding carboxylic acids is 1. The minimum atomic E-state index is -4.45. The van der Waals surface area contributed by atoms with Crippen molar-refractivity contribution in [3.8, 4) is 5.75 Å². The number of halogens is 3. The topological polar surface area (TPSA) is 38.3 Å². The molecular formula is C17H16F3NO2. The highest BCUT2D eigenvalue weighted by Gasteiger charge is 2.30. The van der Waals surface area contributed by atoms with Gasteiger partial charge in [-0.05, 0) is 42.3 Å². The summed E-state index contributed by atoms with van der Waals surface area (Å²) < 4.78 is 43.1. The Labute approximate surface area is 132 Å². The van der Waals surface area contributed by atoms with Gasteiger partial charge < -0.3 is 10.1 Å². The van der Waals surface area contributed by atoms with Gasteiger partial charge in [-0.1, -0.05) is 25.1 Å². The van der Waals surface area contributed by atoms with Crippen LogP contribution in [0.5, 0.6) is 5.75 Å². The first-order valence-electron chi connectivity index (χ1n) is 7.07. The standard InChI is InChI=1S/C17H16F3NO2/c1-2-12-6-8-15(9-7-12)23-11-16(22)21-14-5-3-4-13(10-14)17(18,19)20/h3-10H,2,11H2,1H3,(H,21,22). The minimum absolute atomic E-state index is 0.0785. The monoisotopic (exact) mass is 323 g/mol. The van der Waals surface area contributed by atoms with E-state index in [0.29, 0.717) is 5.75 Å². The molecule has 0 aliphatic heterocycles. The summed E-state index contributed by atoms with van der Waals surface area (Å²) in [5.41, 5.74) is 0.409. The minimum Gasteiger partial charge on any atom is -0.484 e. The Morgan fingerprint density at radius 1 is 1.13 bits per heavy atom. The van der Waals surface area contributed by atoms with Crippen LogP contribution in [0.3, 0.4) is 0 Å². The number of amides is 1. The molecule has 6 heteroatoms. The molecule has 0 fully saturated rings. The number of carbonyl (C=O) groups is 1. The van der Waals surface area contributed by atoms with Crippen molar-refractivity contribution in [2.45, 2.75) is 19.5 Å². The summed E-state index contributed by atoms with van der Waals surface area (Å²) in [7, 11) is 0. The van der Waals surface area contributed by atoms with Crippen LogP contribution in [-0.4, -0.2) is 12.5 Å². The van der Waals surface area contributed by atoms with E-state index in [4.69, 9.17) is 4.74 Å². The number of hydrogen-bond acceptors (Lipinski definition) is 2. The van der Waals surface area contributed by atoms with Crippen LogP contribution in [0.4, 0.5) is 18.9 Å². The number of anilines is 1. The van der Waals surface area contributed by atoms with Crippen molar-refractivity contribution in [1.29, 1.82) is 0 Å². The molecule has 0 radical (unpaired) electrons. The molecule has 1 N–H and O–H groups in total. The second-order valence-electron chi connectivity index (χ2n) is 4.91. The van der Waals surface area contributed by atoms with Crippen LogP contribution in [0, 0.1) is 0 Å². The second-order valence-corrected chi connectivity index (χ2v) is 4.91. The zero-order valence-electron chi connectivity index (χ0n) is 12.5. The van der Waals surface area contributed by atoms with Gasteiger partial charge in [0.15, 0.2) is 6.61 Å². The van der Waals surface area contributed by atoms with Gasteiger partial charge in [-0.3, -0.25) is 4.79 Å². The maximum absolute atomic E-state index is 12.6. The van der Waals surface area contributed by atoms with Gasteiger partial charge in [0.25, 0.3) is 5.91 Å². The van der Waals surface area contributed by atoms with Gasteiger partial charge in [0.05, 0.1) is 5.56 Å². The van der Waals surface area contributed by atoms with E-state index in [0.717, 1.165) is 24.1 Å². The van der Waals surface area contributed by atoms with Crippen LogP contribution in [0.1, 0.15) is 18.1 Å². The van der Waals surface area contributed by atoms with Gasteiger partial charge in [0.1, 0.15) is 5.75 Å². The first-order chi connectivity index (χ1) is 10.9. The van der Waals surface area contributed by atoms with Crippen LogP contribution in [0.2, 0.25) is 0 Å². The number of hydrogen-bond donors (Lipinski definition) is 1. The fourth-order valence-electron chi connectivity index (χ4n) is 1.94. The lowest BCUT2D eigenvalue weighted by Gasteiger charge is -2.10. The third kappa shape index (κ3) is 5.02. The Morgan fingerprint density at radius 2 is 1.83 bits per heavy atom. The molecule has 0 aliphatic rings. The number of benzene rings is 2. The van der Waals surface area contributed by atoms with Gasteiger partial charge in [-0.25, -0.2) is 0 Å². The predicted molar refractivity (Wildman–Crippen MR) is 81.4 cm³/mol. The van der Waals surface area contributed by atoms with Crippen molar-refractivity contribution < 1.29 is 22.7 Å². The van der Waals surface area contributed by atoms with Crippen LogP contribution >= 0.6 is 0 Å². The zero-order chi connectivity index (χ0) is 16.9. The second kappa shape index (κ2) is 7.17. The van der Waals surface area contributed by atoms with Crippen LogP contribution in [0.25, 0.3) is 0 Å². The fraction of sp³-hybridized carbons (Fsp3) is 0.235. The Morgan fingerprint density at radius 3 is 2.43 bits per heavy atom. The van der Waals surface area contributed by atoms with Crippen molar-refractivity contribution in [2.75, 3.05) is 11.9 Å². The zero-order valence-corrected chi connectivity index (χ0v) is 12.5. The first-order valence-corrected chi connectivity index (χ1v) is 7.07. The molecule has 2 rings (SSSR count). The quantitative estimate of drug-likeness (QED) is 0.891. The molecule has 0 aliphatic carbocycles. The molecule has 0 saturated heterocycles. The van der Waals surface area contributed by atoms with E-state index in [1.165, 1.54) is 12.1 Å². The Balaban J connectivity index is 1.91. The molecule has 23 heavy (non-hydrogen) atoms. The van der Waals surface area contributed by atoms with Crippen molar-refractivity contribution in [3.63, 3.8) is 0 Å². The number of alkyl halides is 3. The Kier molecular flexibility index (Phi) is 5.26. The van der Waals surface area contributed by atoms with Crippen LogP contribution in [-0.2, 0) is 17.4 Å². The van der Waals surface area contributed by atoms with E-state index in [1.807, 2.05) is 19.1 Å². The summed E-state index contributed by atoms with van der Waals surface area (Å²) in [5, 5.41) is 2.38. The maximum Gasteiger partial charge on any atom is 0.416 e. The van der Waals surface area contributed by atoms with Crippen molar-refractivity contribution in [2.24, 2.45) is 0 Å². The molecule has 2 aromatic carbocycles. The van der Waals surface area contributed by atoms with E-state index in [1.54, 1.807) is 12.1 Å². The molecule has 0 atom stereocenters. The average Bonchev–Trinajstić information content (AvgIpc) is 2.53. The molecule has 3 nitrogen and oxygen atoms in total. The fourth-order valence-corrected chi connectivity index (χ4v) is 1.94. The van der Waals surface area contributed by atoms with E-state index < -0.39 is 17.6 Å². The lowest BCUT2D eigenvalue weighted by Crippen LogP contribution is -2.20. The molecule has 1 amide bonds. The largest absolute Gasteiger partial charge is 0.484 e. The molecule has 0 saturated carbocycles. The molecule has 0 aromatic heterocycles. The molecule has 2 aromatic rings. The highest BCUT2D eigenvalue weighted by molar-refractivity contribution is 5.91. The van der Waals surface area contributed by atoms with Crippen molar-refractivity contribution in [1.82, 2.24) is 0 Å². The van der Waals surface area contributed by atoms with Gasteiger partial charge in [-0.2, -0.15) is 13.2 Å². The predicted octanol–water partition coefficient (Wildman–Crippen LogP) is 4.29. The van der Waals surface area contributed by atoms with Crippen molar-refractivity contribution in [3.05, 3.63) is 59.7 Å². The maximum atomic E-state index is 12.6. The lowest BCUT2D eigenvalue weighted by atomic mass is 10.2. The summed E-state index contributed by atoms with van der Waals surface area (Å²) in [6.07, 6.45) is -3.55. The highest BCUT2D eigenvalue weighted by Crippen LogP contribution is 2.30. The molecule has 0 spiro atoms. The number of aryl methyl sites for hydroxylation is 1. The van der Waals surface area contributed by atoms with Gasteiger partial charge in [-0.15, -0.1) is 0 Å². The smallest absolute Gasteiger partial charge is 0.416 e. The van der Waals surface area contributed by atoms with Gasteiger partial charge in [0.2, 0.25) is 0 Å². The number of rotatable bonds is 5. The Bertz CT molecular complexity index is 666. The Hall–Kier alpha value is -2.50. The van der Waals surface area contributed by atoms with E-state index >= 15 is 0 Å². The van der Waals surface area contributed by atoms with Gasteiger partial charge in [0, 0.05) is 5.69 Å². The highest BCUT2D eigenvalue weighted by atomic mass is 19.4. The average molecular weight is 323 g/mol. The summed E-state index contributed by atoms with van der Waals surface area (Å²) in [4.78, 5) is 11.8. The third-order valence-electron chi connectivity index (χ3n) is 3.18. The summed E-state index contributed by atoms with van der Waals surface area (Å²) in [6, 6.07) is 11.7. The SMILES string of the molecule is CCc1ccc(OCC(=O)Nc2cccc(C(F)(F)F)c2)cc1. The number of nitrogens with one attached hydrogen (secondary N) is 1. The van der Waals surface area contributed by atoms with Crippen LogP contribution < -0.4 is 10.1 Å². The summed E-state index contributed by atoms with van der Waals surface area (Å²) in [5.74, 6) is 0.00489. The number of ether oxygens (including phenoxy) is 1. The molecule has 0 heterocycles. The van der Waals surface area contributed by atoms with E-state index in [-0.39, 0.29) is 12.3 Å². The summed E-state index contributed by atoms with van der Waals surface area (Å²) in [6.45, 7) is 1.75. The normalized spacial score (nSPS) is 11.1. The molecular weight excluding hydrogens is 307 g/mol. The molecule has 0 unspecified atom stereocenters.